The molecule has 0 N–H and O–H groups in total. The van der Waals surface area contributed by atoms with Gasteiger partial charge in [-0.3, -0.25) is 9.48 Å². The molecule has 0 saturated heterocycles. The molecule has 0 aliphatic rings. The van der Waals surface area contributed by atoms with E-state index in [9.17, 15) is 4.79 Å². The molecule has 100 valence electrons. The molecule has 0 radical (unpaired) electrons. The third-order valence-electron chi connectivity index (χ3n) is 2.79. The van der Waals surface area contributed by atoms with Crippen molar-refractivity contribution in [1.29, 1.82) is 0 Å². The zero-order chi connectivity index (χ0) is 13.7. The molecule has 5 heteroatoms. The Morgan fingerprint density at radius 2 is 2.16 bits per heavy atom. The first-order chi connectivity index (χ1) is 9.24. The third-order valence-corrected chi connectivity index (χ3v) is 3.48. The molecule has 4 nitrogen and oxygen atoms in total. The Labute approximate surface area is 120 Å². The van der Waals surface area contributed by atoms with Crippen molar-refractivity contribution in [2.45, 2.75) is 13.0 Å². The molecular formula is C14H15BrN2O2. The number of aryl methyl sites for hydroxylation is 1. The van der Waals surface area contributed by atoms with Crippen molar-refractivity contribution < 1.29 is 9.53 Å². The number of ketones is 1. The van der Waals surface area contributed by atoms with Gasteiger partial charge in [0.15, 0.2) is 0 Å². The summed E-state index contributed by atoms with van der Waals surface area (Å²) in [4.78, 5) is 12.5. The van der Waals surface area contributed by atoms with E-state index in [0.717, 1.165) is 10.9 Å². The van der Waals surface area contributed by atoms with Gasteiger partial charge in [-0.2, -0.15) is 5.10 Å². The quantitative estimate of drug-likeness (QED) is 0.606. The van der Waals surface area contributed by atoms with Crippen LogP contribution in [0.2, 0.25) is 0 Å². The fourth-order valence-corrected chi connectivity index (χ4v) is 2.31. The van der Waals surface area contributed by atoms with Gasteiger partial charge in [-0.1, -0.05) is 28.1 Å². The maximum absolute atomic E-state index is 12.5. The zero-order valence-electron chi connectivity index (χ0n) is 10.7. The second kappa shape index (κ2) is 6.63. The normalized spacial score (nSPS) is 10.6. The number of carbonyl (C=O) groups is 1. The maximum Gasteiger partial charge on any atom is 0.212 e. The van der Waals surface area contributed by atoms with Crippen molar-refractivity contribution in [1.82, 2.24) is 9.78 Å². The number of methoxy groups -OCH3 is 1. The van der Waals surface area contributed by atoms with Crippen molar-refractivity contribution in [3.63, 3.8) is 0 Å². The van der Waals surface area contributed by atoms with Gasteiger partial charge in [0.2, 0.25) is 5.78 Å². The van der Waals surface area contributed by atoms with Crippen LogP contribution in [0.5, 0.6) is 0 Å². The van der Waals surface area contributed by atoms with Crippen LogP contribution in [0, 0.1) is 0 Å². The SMILES string of the molecule is COCCCn1nccc1C(=O)c1ccccc1Br. The smallest absolute Gasteiger partial charge is 0.212 e. The van der Waals surface area contributed by atoms with Crippen LogP contribution in [-0.2, 0) is 11.3 Å². The number of benzene rings is 1. The molecule has 1 heterocycles. The van der Waals surface area contributed by atoms with E-state index in [0.29, 0.717) is 24.4 Å². The number of nitrogens with zero attached hydrogens (tertiary/aromatic N) is 2. The number of carbonyl (C=O) groups excluding carboxylic acids is 1. The minimum atomic E-state index is -0.0256. The maximum atomic E-state index is 12.5. The second-order valence-electron chi connectivity index (χ2n) is 4.09. The van der Waals surface area contributed by atoms with E-state index in [1.54, 1.807) is 30.1 Å². The fourth-order valence-electron chi connectivity index (χ4n) is 1.85. The summed E-state index contributed by atoms with van der Waals surface area (Å²) in [6.07, 6.45) is 2.48. The van der Waals surface area contributed by atoms with Crippen molar-refractivity contribution in [2.75, 3.05) is 13.7 Å². The van der Waals surface area contributed by atoms with Crippen LogP contribution in [0.25, 0.3) is 0 Å². The number of halogens is 1. The molecule has 0 atom stereocenters. The molecule has 0 fully saturated rings. The highest BCUT2D eigenvalue weighted by atomic mass is 79.9. The molecule has 0 aliphatic carbocycles. The molecule has 0 saturated carbocycles. The molecule has 1 aromatic heterocycles. The van der Waals surface area contributed by atoms with Crippen molar-refractivity contribution in [3.05, 3.63) is 52.3 Å². The van der Waals surface area contributed by atoms with Crippen LogP contribution in [0.4, 0.5) is 0 Å². The Hall–Kier alpha value is -1.46. The first-order valence-electron chi connectivity index (χ1n) is 6.04. The highest BCUT2D eigenvalue weighted by molar-refractivity contribution is 9.10. The van der Waals surface area contributed by atoms with Gasteiger partial charge in [0, 0.05) is 36.5 Å². The summed E-state index contributed by atoms with van der Waals surface area (Å²) in [5, 5.41) is 4.19. The van der Waals surface area contributed by atoms with Crippen molar-refractivity contribution >= 4 is 21.7 Å². The Morgan fingerprint density at radius 3 is 2.89 bits per heavy atom. The van der Waals surface area contributed by atoms with Crippen LogP contribution in [0.3, 0.4) is 0 Å². The van der Waals surface area contributed by atoms with E-state index < -0.39 is 0 Å². The van der Waals surface area contributed by atoms with Crippen molar-refractivity contribution in [2.24, 2.45) is 0 Å². The molecule has 0 spiro atoms. The van der Waals surface area contributed by atoms with Gasteiger partial charge in [0.1, 0.15) is 5.69 Å². The van der Waals surface area contributed by atoms with Crippen LogP contribution >= 0.6 is 15.9 Å². The van der Waals surface area contributed by atoms with Crippen LogP contribution in [0.1, 0.15) is 22.5 Å². The highest BCUT2D eigenvalue weighted by Crippen LogP contribution is 2.19. The summed E-state index contributed by atoms with van der Waals surface area (Å²) in [6.45, 7) is 1.33. The summed E-state index contributed by atoms with van der Waals surface area (Å²) < 4.78 is 7.53. The summed E-state index contributed by atoms with van der Waals surface area (Å²) in [6, 6.07) is 9.15. The van der Waals surface area contributed by atoms with Gasteiger partial charge in [0.05, 0.1) is 0 Å². The molecule has 0 aliphatic heterocycles. The van der Waals surface area contributed by atoms with Crippen LogP contribution < -0.4 is 0 Å². The molecule has 19 heavy (non-hydrogen) atoms. The molecule has 2 rings (SSSR count). The molecule has 0 bridgehead atoms. The van der Waals surface area contributed by atoms with Gasteiger partial charge in [-0.05, 0) is 24.6 Å². The van der Waals surface area contributed by atoms with E-state index in [1.165, 1.54) is 0 Å². The molecule has 0 amide bonds. The Morgan fingerprint density at radius 1 is 1.37 bits per heavy atom. The Bertz CT molecular complexity index is 566. The summed E-state index contributed by atoms with van der Waals surface area (Å²) in [5.74, 6) is -0.0256. The van der Waals surface area contributed by atoms with Crippen LogP contribution in [0.15, 0.2) is 41.0 Å². The minimum Gasteiger partial charge on any atom is -0.385 e. The largest absolute Gasteiger partial charge is 0.385 e. The van der Waals surface area contributed by atoms with E-state index in [2.05, 4.69) is 21.0 Å². The summed E-state index contributed by atoms with van der Waals surface area (Å²) in [7, 11) is 1.66. The zero-order valence-corrected chi connectivity index (χ0v) is 12.3. The van der Waals surface area contributed by atoms with Gasteiger partial charge in [0.25, 0.3) is 0 Å². The lowest BCUT2D eigenvalue weighted by atomic mass is 10.1. The molecule has 0 unspecified atom stereocenters. The predicted octanol–water partition coefficient (Wildman–Crippen LogP) is 2.91. The topological polar surface area (TPSA) is 44.1 Å². The lowest BCUT2D eigenvalue weighted by molar-refractivity contribution is 0.102. The minimum absolute atomic E-state index is 0.0256. The third kappa shape index (κ3) is 3.30. The second-order valence-corrected chi connectivity index (χ2v) is 4.95. The molecular weight excluding hydrogens is 308 g/mol. The number of rotatable bonds is 6. The molecule has 1 aromatic carbocycles. The average Bonchev–Trinajstić information content (AvgIpc) is 2.87. The average molecular weight is 323 g/mol. The Balaban J connectivity index is 2.20. The number of hydrogen-bond acceptors (Lipinski definition) is 3. The van der Waals surface area contributed by atoms with Crippen LogP contribution in [-0.4, -0.2) is 29.3 Å². The van der Waals surface area contributed by atoms with Gasteiger partial charge in [-0.25, -0.2) is 0 Å². The number of aromatic nitrogens is 2. The number of ether oxygens (including phenoxy) is 1. The van der Waals surface area contributed by atoms with E-state index in [-0.39, 0.29) is 5.78 Å². The standard InChI is InChI=1S/C14H15BrN2O2/c1-19-10-4-9-17-13(7-8-16-17)14(18)11-5-2-3-6-12(11)15/h2-3,5-8H,4,9-10H2,1H3. The summed E-state index contributed by atoms with van der Waals surface area (Å²) in [5.41, 5.74) is 1.25. The van der Waals surface area contributed by atoms with E-state index in [1.807, 2.05) is 18.2 Å². The first kappa shape index (κ1) is 14.0. The summed E-state index contributed by atoms with van der Waals surface area (Å²) >= 11 is 3.40. The highest BCUT2D eigenvalue weighted by Gasteiger charge is 2.16. The molecule has 2 aromatic rings. The lowest BCUT2D eigenvalue weighted by Crippen LogP contribution is -2.13. The first-order valence-corrected chi connectivity index (χ1v) is 6.83. The van der Waals surface area contributed by atoms with Gasteiger partial charge < -0.3 is 4.74 Å². The lowest BCUT2D eigenvalue weighted by Gasteiger charge is -2.07. The van der Waals surface area contributed by atoms with E-state index >= 15 is 0 Å². The monoisotopic (exact) mass is 322 g/mol. The predicted molar refractivity (Wildman–Crippen MR) is 76.3 cm³/mol. The van der Waals surface area contributed by atoms with Gasteiger partial charge in [-0.15, -0.1) is 0 Å². The number of hydrogen-bond donors (Lipinski definition) is 0. The van der Waals surface area contributed by atoms with Gasteiger partial charge >= 0.3 is 0 Å². The fraction of sp³-hybridized carbons (Fsp3) is 0.286. The van der Waals surface area contributed by atoms with Crippen molar-refractivity contribution in [3.8, 4) is 0 Å². The Kier molecular flexibility index (Phi) is 4.87. The van der Waals surface area contributed by atoms with E-state index in [4.69, 9.17) is 4.74 Å².